The monoisotopic (exact) mass is 383 g/mol. The number of carbonyl (C=O) groups is 1. The van der Waals surface area contributed by atoms with Crippen LogP contribution in [-0.4, -0.2) is 49.2 Å². The summed E-state index contributed by atoms with van der Waals surface area (Å²) in [6, 6.07) is 16.8. The average Bonchev–Trinajstić information content (AvgIpc) is 2.73. The van der Waals surface area contributed by atoms with Crippen LogP contribution in [-0.2, 0) is 10.0 Å². The Hall–Kier alpha value is -2.69. The SMILES string of the molecule is CC[C@H]1CN(S(=O)(=O)c2ccc(C#N)cc2)CCN1C(=O)c1ccccc1. The maximum atomic E-state index is 12.9. The van der Waals surface area contributed by atoms with Gasteiger partial charge in [0.1, 0.15) is 0 Å². The number of rotatable bonds is 4. The molecule has 3 rings (SSSR count). The minimum Gasteiger partial charge on any atom is -0.333 e. The van der Waals surface area contributed by atoms with Crippen molar-refractivity contribution >= 4 is 15.9 Å². The van der Waals surface area contributed by atoms with Crippen LogP contribution in [0.4, 0.5) is 0 Å². The summed E-state index contributed by atoms with van der Waals surface area (Å²) < 4.78 is 27.3. The molecule has 2 aromatic carbocycles. The number of piperazine rings is 1. The van der Waals surface area contributed by atoms with E-state index in [4.69, 9.17) is 5.26 Å². The molecule has 1 fully saturated rings. The van der Waals surface area contributed by atoms with Crippen molar-refractivity contribution in [3.63, 3.8) is 0 Å². The van der Waals surface area contributed by atoms with Crippen LogP contribution in [0.15, 0.2) is 59.5 Å². The second-order valence-corrected chi connectivity index (χ2v) is 8.36. The first-order valence-corrected chi connectivity index (χ1v) is 10.3. The molecule has 6 nitrogen and oxygen atoms in total. The molecule has 1 aliphatic heterocycles. The van der Waals surface area contributed by atoms with E-state index in [9.17, 15) is 13.2 Å². The zero-order valence-electron chi connectivity index (χ0n) is 15.1. The van der Waals surface area contributed by atoms with E-state index < -0.39 is 10.0 Å². The molecule has 0 aliphatic carbocycles. The molecule has 0 bridgehead atoms. The van der Waals surface area contributed by atoms with E-state index in [-0.39, 0.29) is 29.9 Å². The second-order valence-electron chi connectivity index (χ2n) is 6.43. The van der Waals surface area contributed by atoms with Gasteiger partial charge in [-0.2, -0.15) is 9.57 Å². The van der Waals surface area contributed by atoms with Crippen molar-refractivity contribution in [3.05, 3.63) is 65.7 Å². The van der Waals surface area contributed by atoms with Crippen LogP contribution in [0.2, 0.25) is 0 Å². The van der Waals surface area contributed by atoms with E-state index in [0.717, 1.165) is 0 Å². The number of sulfonamides is 1. The highest BCUT2D eigenvalue weighted by molar-refractivity contribution is 7.89. The first kappa shape index (κ1) is 19.1. The van der Waals surface area contributed by atoms with E-state index in [1.54, 1.807) is 17.0 Å². The van der Waals surface area contributed by atoms with E-state index in [1.807, 2.05) is 31.2 Å². The summed E-state index contributed by atoms with van der Waals surface area (Å²) in [6.07, 6.45) is 0.665. The quantitative estimate of drug-likeness (QED) is 0.812. The zero-order chi connectivity index (χ0) is 19.4. The third-order valence-corrected chi connectivity index (χ3v) is 6.70. The normalized spacial score (nSPS) is 18.1. The third-order valence-electron chi connectivity index (χ3n) is 4.82. The number of hydrogen-bond donors (Lipinski definition) is 0. The molecule has 0 N–H and O–H groups in total. The van der Waals surface area contributed by atoms with Gasteiger partial charge in [-0.3, -0.25) is 4.79 Å². The summed E-state index contributed by atoms with van der Waals surface area (Å²) in [5.41, 5.74) is 1.03. The van der Waals surface area contributed by atoms with Crippen molar-refractivity contribution in [2.75, 3.05) is 19.6 Å². The minimum atomic E-state index is -3.66. The van der Waals surface area contributed by atoms with Gasteiger partial charge in [0, 0.05) is 31.2 Å². The minimum absolute atomic E-state index is 0.0714. The Labute approximate surface area is 159 Å². The van der Waals surface area contributed by atoms with Gasteiger partial charge in [-0.1, -0.05) is 25.1 Å². The number of carbonyl (C=O) groups excluding carboxylic acids is 1. The molecular weight excluding hydrogens is 362 g/mol. The van der Waals surface area contributed by atoms with Gasteiger partial charge in [-0.25, -0.2) is 8.42 Å². The molecule has 27 heavy (non-hydrogen) atoms. The van der Waals surface area contributed by atoms with Crippen LogP contribution in [0.25, 0.3) is 0 Å². The Morgan fingerprint density at radius 3 is 2.37 bits per heavy atom. The predicted octanol–water partition coefficient (Wildman–Crippen LogP) is 2.48. The standard InChI is InChI=1S/C20H21N3O3S/c1-2-18-15-22(27(25,26)19-10-8-16(14-21)9-11-19)12-13-23(18)20(24)17-6-4-3-5-7-17/h3-11,18H,2,12-13,15H2,1H3/t18-/m0/s1. The van der Waals surface area contributed by atoms with Gasteiger partial charge in [0.05, 0.1) is 16.5 Å². The molecule has 0 radical (unpaired) electrons. The average molecular weight is 383 g/mol. The summed E-state index contributed by atoms with van der Waals surface area (Å²) in [6.45, 7) is 2.81. The van der Waals surface area contributed by atoms with Crippen LogP contribution >= 0.6 is 0 Å². The maximum Gasteiger partial charge on any atom is 0.254 e. The second kappa shape index (κ2) is 7.91. The van der Waals surface area contributed by atoms with Crippen molar-refractivity contribution in [1.82, 2.24) is 9.21 Å². The third kappa shape index (κ3) is 3.87. The lowest BCUT2D eigenvalue weighted by Crippen LogP contribution is -2.56. The van der Waals surface area contributed by atoms with Gasteiger partial charge in [0.15, 0.2) is 0 Å². The van der Waals surface area contributed by atoms with Crippen molar-refractivity contribution in [2.45, 2.75) is 24.3 Å². The Morgan fingerprint density at radius 2 is 1.78 bits per heavy atom. The summed E-state index contributed by atoms with van der Waals surface area (Å²) >= 11 is 0. The lowest BCUT2D eigenvalue weighted by atomic mass is 10.1. The summed E-state index contributed by atoms with van der Waals surface area (Å²) in [5, 5.41) is 8.87. The molecule has 1 heterocycles. The summed E-state index contributed by atoms with van der Waals surface area (Å²) in [5.74, 6) is -0.0714. The van der Waals surface area contributed by atoms with Gasteiger partial charge >= 0.3 is 0 Å². The molecule has 7 heteroatoms. The fraction of sp³-hybridized carbons (Fsp3) is 0.300. The van der Waals surface area contributed by atoms with Crippen LogP contribution in [0.3, 0.4) is 0 Å². The van der Waals surface area contributed by atoms with Gasteiger partial charge in [-0.15, -0.1) is 0 Å². The molecule has 0 spiro atoms. The van der Waals surface area contributed by atoms with Crippen molar-refractivity contribution < 1.29 is 13.2 Å². The number of amides is 1. The van der Waals surface area contributed by atoms with E-state index >= 15 is 0 Å². The lowest BCUT2D eigenvalue weighted by Gasteiger charge is -2.40. The summed E-state index contributed by atoms with van der Waals surface area (Å²) in [4.78, 5) is 14.7. The van der Waals surface area contributed by atoms with Crippen LogP contribution in [0, 0.1) is 11.3 Å². The highest BCUT2D eigenvalue weighted by atomic mass is 32.2. The number of hydrogen-bond acceptors (Lipinski definition) is 4. The molecule has 0 aromatic heterocycles. The smallest absolute Gasteiger partial charge is 0.254 e. The first-order valence-electron chi connectivity index (χ1n) is 8.83. The Kier molecular flexibility index (Phi) is 5.59. The van der Waals surface area contributed by atoms with Crippen LogP contribution in [0.5, 0.6) is 0 Å². The molecular formula is C20H21N3O3S. The molecule has 0 saturated carbocycles. The van der Waals surface area contributed by atoms with E-state index in [0.29, 0.717) is 24.1 Å². The van der Waals surface area contributed by atoms with Crippen LogP contribution < -0.4 is 0 Å². The Morgan fingerprint density at radius 1 is 1.11 bits per heavy atom. The molecule has 0 unspecified atom stereocenters. The summed E-state index contributed by atoms with van der Waals surface area (Å²) in [7, 11) is -3.66. The number of benzene rings is 2. The zero-order valence-corrected chi connectivity index (χ0v) is 15.9. The Bertz CT molecular complexity index is 950. The molecule has 140 valence electrons. The topological polar surface area (TPSA) is 81.5 Å². The Balaban J connectivity index is 1.79. The highest BCUT2D eigenvalue weighted by Crippen LogP contribution is 2.23. The lowest BCUT2D eigenvalue weighted by molar-refractivity contribution is 0.0558. The predicted molar refractivity (Wildman–Crippen MR) is 101 cm³/mol. The molecule has 2 aromatic rings. The van der Waals surface area contributed by atoms with Gasteiger partial charge < -0.3 is 4.90 Å². The van der Waals surface area contributed by atoms with Crippen molar-refractivity contribution in [2.24, 2.45) is 0 Å². The largest absolute Gasteiger partial charge is 0.333 e. The van der Waals surface area contributed by atoms with E-state index in [2.05, 4.69) is 0 Å². The molecule has 1 saturated heterocycles. The van der Waals surface area contributed by atoms with Crippen molar-refractivity contribution in [3.8, 4) is 6.07 Å². The van der Waals surface area contributed by atoms with Gasteiger partial charge in [0.25, 0.3) is 5.91 Å². The fourth-order valence-corrected chi connectivity index (χ4v) is 4.73. The van der Waals surface area contributed by atoms with E-state index in [1.165, 1.54) is 28.6 Å². The first-order chi connectivity index (χ1) is 13.0. The van der Waals surface area contributed by atoms with Gasteiger partial charge in [0.2, 0.25) is 10.0 Å². The maximum absolute atomic E-state index is 12.9. The van der Waals surface area contributed by atoms with Crippen molar-refractivity contribution in [1.29, 1.82) is 5.26 Å². The molecule has 1 atom stereocenters. The molecule has 1 aliphatic rings. The fourth-order valence-electron chi connectivity index (χ4n) is 3.26. The number of nitrogens with zero attached hydrogens (tertiary/aromatic N) is 3. The van der Waals surface area contributed by atoms with Crippen LogP contribution in [0.1, 0.15) is 29.3 Å². The highest BCUT2D eigenvalue weighted by Gasteiger charge is 2.35. The molecule has 1 amide bonds. The van der Waals surface area contributed by atoms with Gasteiger partial charge in [-0.05, 0) is 42.8 Å². The number of nitriles is 1.